The fourth-order valence-corrected chi connectivity index (χ4v) is 3.55. The molecule has 110 valence electrons. The van der Waals surface area contributed by atoms with Crippen LogP contribution < -0.4 is 11.5 Å². The third-order valence-corrected chi connectivity index (χ3v) is 4.93. The molecule has 0 bridgehead atoms. The van der Waals surface area contributed by atoms with E-state index in [-0.39, 0.29) is 5.91 Å². The molecule has 1 saturated carbocycles. The van der Waals surface area contributed by atoms with Crippen molar-refractivity contribution in [2.75, 3.05) is 27.2 Å². The highest BCUT2D eigenvalue weighted by Crippen LogP contribution is 2.31. The lowest BCUT2D eigenvalue weighted by Gasteiger charge is -2.45. The van der Waals surface area contributed by atoms with E-state index < -0.39 is 5.54 Å². The number of rotatable bonds is 3. The van der Waals surface area contributed by atoms with Crippen molar-refractivity contribution in [2.45, 2.75) is 56.1 Å². The number of carbonyl (C=O) groups excluding carboxylic acids is 1. The molecule has 3 unspecified atom stereocenters. The SMILES string of the molecule is CN(C)C1CCCN(C2CCCC(N)(C(N)=O)C2)C1. The number of nitrogens with two attached hydrogens (primary N) is 2. The predicted molar refractivity (Wildman–Crippen MR) is 76.7 cm³/mol. The van der Waals surface area contributed by atoms with E-state index in [0.29, 0.717) is 12.1 Å². The molecule has 2 aliphatic rings. The van der Waals surface area contributed by atoms with Gasteiger partial charge in [0.2, 0.25) is 5.91 Å². The molecular formula is C14H28N4O. The minimum atomic E-state index is -0.784. The summed E-state index contributed by atoms with van der Waals surface area (Å²) in [7, 11) is 4.29. The molecule has 4 N–H and O–H groups in total. The van der Waals surface area contributed by atoms with Crippen LogP contribution in [0.4, 0.5) is 0 Å². The molecule has 0 aromatic rings. The maximum Gasteiger partial charge on any atom is 0.237 e. The number of piperidine rings is 1. The molecule has 19 heavy (non-hydrogen) atoms. The van der Waals surface area contributed by atoms with Gasteiger partial charge in [0.05, 0.1) is 5.54 Å². The Bertz CT molecular complexity index is 333. The van der Waals surface area contributed by atoms with E-state index in [2.05, 4.69) is 23.9 Å². The molecular weight excluding hydrogens is 240 g/mol. The number of hydrogen-bond donors (Lipinski definition) is 2. The minimum Gasteiger partial charge on any atom is -0.368 e. The normalized spacial score (nSPS) is 37.5. The van der Waals surface area contributed by atoms with E-state index in [1.54, 1.807) is 0 Å². The van der Waals surface area contributed by atoms with Crippen LogP contribution in [0.15, 0.2) is 0 Å². The van der Waals surface area contributed by atoms with Crippen LogP contribution in [-0.4, -0.2) is 60.5 Å². The van der Waals surface area contributed by atoms with Crippen molar-refractivity contribution in [2.24, 2.45) is 11.5 Å². The smallest absolute Gasteiger partial charge is 0.237 e. The van der Waals surface area contributed by atoms with Gasteiger partial charge in [-0.15, -0.1) is 0 Å². The second-order valence-electron chi connectivity index (χ2n) is 6.53. The van der Waals surface area contributed by atoms with Gasteiger partial charge in [-0.25, -0.2) is 0 Å². The highest BCUT2D eigenvalue weighted by atomic mass is 16.1. The Kier molecular flexibility index (Phi) is 4.48. The first-order chi connectivity index (χ1) is 8.92. The molecule has 5 heteroatoms. The van der Waals surface area contributed by atoms with Crippen LogP contribution >= 0.6 is 0 Å². The summed E-state index contributed by atoms with van der Waals surface area (Å²) in [5.41, 5.74) is 10.9. The molecule has 1 aliphatic carbocycles. The van der Waals surface area contributed by atoms with Crippen molar-refractivity contribution in [3.05, 3.63) is 0 Å². The predicted octanol–water partition coefficient (Wildman–Crippen LogP) is 0.138. The van der Waals surface area contributed by atoms with Gasteiger partial charge < -0.3 is 16.4 Å². The van der Waals surface area contributed by atoms with Gasteiger partial charge in [0.15, 0.2) is 0 Å². The summed E-state index contributed by atoms with van der Waals surface area (Å²) in [6.07, 6.45) is 6.11. The Labute approximate surface area is 116 Å². The molecule has 2 fully saturated rings. The Morgan fingerprint density at radius 2 is 2.05 bits per heavy atom. The van der Waals surface area contributed by atoms with Crippen LogP contribution in [0.1, 0.15) is 38.5 Å². The minimum absolute atomic E-state index is 0.335. The number of likely N-dealkylation sites (N-methyl/N-ethyl adjacent to an activating group) is 1. The van der Waals surface area contributed by atoms with E-state index >= 15 is 0 Å². The summed E-state index contributed by atoms with van der Waals surface area (Å²) < 4.78 is 0. The molecule has 3 atom stereocenters. The van der Waals surface area contributed by atoms with Gasteiger partial charge in [-0.2, -0.15) is 0 Å². The zero-order chi connectivity index (χ0) is 14.0. The van der Waals surface area contributed by atoms with E-state index in [0.717, 1.165) is 38.8 Å². The maximum absolute atomic E-state index is 11.5. The standard InChI is InChI=1S/C14H28N4O/c1-17(2)12-6-4-8-18(10-12)11-5-3-7-14(16,9-11)13(15)19/h11-12H,3-10,16H2,1-2H3,(H2,15,19). The van der Waals surface area contributed by atoms with Gasteiger partial charge in [-0.3, -0.25) is 9.69 Å². The fourth-order valence-electron chi connectivity index (χ4n) is 3.55. The van der Waals surface area contributed by atoms with Crippen LogP contribution in [0.3, 0.4) is 0 Å². The summed E-state index contributed by atoms with van der Waals surface area (Å²) in [6.45, 7) is 2.22. The van der Waals surface area contributed by atoms with Crippen molar-refractivity contribution in [3.63, 3.8) is 0 Å². The first kappa shape index (κ1) is 14.8. The zero-order valence-corrected chi connectivity index (χ0v) is 12.3. The number of primary amides is 1. The average molecular weight is 268 g/mol. The number of likely N-dealkylation sites (tertiary alicyclic amines) is 1. The van der Waals surface area contributed by atoms with Gasteiger partial charge in [0.1, 0.15) is 0 Å². The highest BCUT2D eigenvalue weighted by molar-refractivity contribution is 5.84. The van der Waals surface area contributed by atoms with Crippen LogP contribution in [0.5, 0.6) is 0 Å². The number of hydrogen-bond acceptors (Lipinski definition) is 4. The second-order valence-corrected chi connectivity index (χ2v) is 6.53. The van der Waals surface area contributed by atoms with Crippen LogP contribution in [0, 0.1) is 0 Å². The third-order valence-electron chi connectivity index (χ3n) is 4.93. The van der Waals surface area contributed by atoms with Gasteiger partial charge in [0, 0.05) is 18.6 Å². The van der Waals surface area contributed by atoms with Crippen molar-refractivity contribution >= 4 is 5.91 Å². The lowest BCUT2D eigenvalue weighted by Crippen LogP contribution is -2.59. The van der Waals surface area contributed by atoms with Crippen LogP contribution in [0.25, 0.3) is 0 Å². The van der Waals surface area contributed by atoms with Gasteiger partial charge in [0.25, 0.3) is 0 Å². The summed E-state index contributed by atoms with van der Waals surface area (Å²) >= 11 is 0. The number of carbonyl (C=O) groups is 1. The molecule has 5 nitrogen and oxygen atoms in total. The van der Waals surface area contributed by atoms with Gasteiger partial charge >= 0.3 is 0 Å². The van der Waals surface area contributed by atoms with Crippen molar-refractivity contribution in [1.29, 1.82) is 0 Å². The van der Waals surface area contributed by atoms with Crippen molar-refractivity contribution in [3.8, 4) is 0 Å². The molecule has 2 rings (SSSR count). The Morgan fingerprint density at radius 3 is 2.68 bits per heavy atom. The average Bonchev–Trinajstić information content (AvgIpc) is 2.39. The van der Waals surface area contributed by atoms with E-state index in [9.17, 15) is 4.79 Å². The number of amides is 1. The third kappa shape index (κ3) is 3.27. The summed E-state index contributed by atoms with van der Waals surface area (Å²) in [4.78, 5) is 16.4. The quantitative estimate of drug-likeness (QED) is 0.763. The summed E-state index contributed by atoms with van der Waals surface area (Å²) in [5.74, 6) is -0.335. The number of nitrogens with zero attached hydrogens (tertiary/aromatic N) is 2. The molecule has 0 radical (unpaired) electrons. The van der Waals surface area contributed by atoms with E-state index in [1.807, 2.05) is 0 Å². The lowest BCUT2D eigenvalue weighted by molar-refractivity contribution is -0.125. The summed E-state index contributed by atoms with van der Waals surface area (Å²) in [6, 6.07) is 1.05. The molecule has 0 spiro atoms. The molecule has 1 aliphatic heterocycles. The second kappa shape index (κ2) is 5.77. The Balaban J connectivity index is 1.99. The molecule has 1 amide bonds. The molecule has 0 aromatic carbocycles. The van der Waals surface area contributed by atoms with Crippen molar-refractivity contribution in [1.82, 2.24) is 9.80 Å². The van der Waals surface area contributed by atoms with Crippen LogP contribution in [-0.2, 0) is 4.79 Å². The van der Waals surface area contributed by atoms with Crippen molar-refractivity contribution < 1.29 is 4.79 Å². The van der Waals surface area contributed by atoms with Crippen LogP contribution in [0.2, 0.25) is 0 Å². The first-order valence-electron chi connectivity index (χ1n) is 7.41. The Hall–Kier alpha value is -0.650. The lowest BCUT2D eigenvalue weighted by atomic mass is 9.78. The maximum atomic E-state index is 11.5. The fraction of sp³-hybridized carbons (Fsp3) is 0.929. The van der Waals surface area contributed by atoms with E-state index in [1.165, 1.54) is 12.8 Å². The highest BCUT2D eigenvalue weighted by Gasteiger charge is 2.40. The summed E-state index contributed by atoms with van der Waals surface area (Å²) in [5, 5.41) is 0. The monoisotopic (exact) mass is 268 g/mol. The molecule has 1 saturated heterocycles. The largest absolute Gasteiger partial charge is 0.368 e. The Morgan fingerprint density at radius 1 is 1.32 bits per heavy atom. The van der Waals surface area contributed by atoms with Gasteiger partial charge in [-0.1, -0.05) is 0 Å². The molecule has 0 aromatic heterocycles. The topological polar surface area (TPSA) is 75.6 Å². The van der Waals surface area contributed by atoms with Gasteiger partial charge in [-0.05, 0) is 59.2 Å². The zero-order valence-electron chi connectivity index (χ0n) is 12.3. The first-order valence-corrected chi connectivity index (χ1v) is 7.41. The molecule has 1 heterocycles. The van der Waals surface area contributed by atoms with E-state index in [4.69, 9.17) is 11.5 Å².